The maximum absolute atomic E-state index is 4.46. The minimum atomic E-state index is -0.0643. The summed E-state index contributed by atoms with van der Waals surface area (Å²) in [5, 5.41) is 12.2. The minimum Gasteiger partial charge on any atom is -0.309 e. The Labute approximate surface area is 564 Å². The number of hydrogen-bond donors (Lipinski definition) is 0. The third-order valence-corrected chi connectivity index (χ3v) is 20.9. The molecular weight excluding hydrogens is 1190 g/mol. The highest BCUT2D eigenvalue weighted by atomic mass is 15.0. The third kappa shape index (κ3) is 8.36. The van der Waals surface area contributed by atoms with Crippen LogP contribution in [0.1, 0.15) is 25.0 Å². The van der Waals surface area contributed by atoms with E-state index in [-0.39, 0.29) is 5.41 Å². The molecule has 20 aromatic rings. The van der Waals surface area contributed by atoms with Gasteiger partial charge in [-0.25, -0.2) is 0 Å². The Kier molecular flexibility index (Phi) is 12.3. The summed E-state index contributed by atoms with van der Waals surface area (Å²) in [5.41, 5.74) is 27.9. The lowest BCUT2D eigenvalue weighted by atomic mass is 9.82. The number of hydrogen-bond acceptors (Lipinski definition) is 2. The second-order valence-corrected chi connectivity index (χ2v) is 26.6. The van der Waals surface area contributed by atoms with E-state index in [1.807, 2.05) is 24.8 Å². The molecule has 0 unspecified atom stereocenters. The topological polar surface area (TPSA) is 50.4 Å². The molecule has 0 saturated carbocycles. The van der Waals surface area contributed by atoms with Gasteiger partial charge in [-0.2, -0.15) is 0 Å². The lowest BCUT2D eigenvalue weighted by Crippen LogP contribution is -2.15. The van der Waals surface area contributed by atoms with E-state index in [0.717, 1.165) is 38.9 Å². The van der Waals surface area contributed by atoms with Crippen molar-refractivity contribution in [1.82, 2.24) is 32.8 Å². The molecule has 98 heavy (non-hydrogen) atoms. The fourth-order valence-corrected chi connectivity index (χ4v) is 16.4. The minimum absolute atomic E-state index is 0.0643. The van der Waals surface area contributed by atoms with Crippen molar-refractivity contribution < 1.29 is 0 Å². The molecule has 7 aromatic heterocycles. The molecule has 7 heterocycles. The Morgan fingerprint density at radius 2 is 0.520 bits per heavy atom. The van der Waals surface area contributed by atoms with Crippen molar-refractivity contribution in [3.63, 3.8) is 0 Å². The van der Waals surface area contributed by atoms with Crippen LogP contribution in [0.3, 0.4) is 0 Å². The maximum atomic E-state index is 4.46. The van der Waals surface area contributed by atoms with Crippen molar-refractivity contribution in [2.24, 2.45) is 0 Å². The van der Waals surface area contributed by atoms with Gasteiger partial charge in [-0.3, -0.25) is 9.97 Å². The van der Waals surface area contributed by atoms with Gasteiger partial charge in [0.2, 0.25) is 0 Å². The zero-order valence-corrected chi connectivity index (χ0v) is 53.9. The van der Waals surface area contributed by atoms with E-state index in [9.17, 15) is 0 Å². The van der Waals surface area contributed by atoms with Crippen molar-refractivity contribution in [1.29, 1.82) is 0 Å². The standard InChI is InChI=1S/C57H39N3.C34H22N4/c1-57(2)49-20-10-6-16-41(49)42-28-26-40(35-50(42)57)60-53-23-13-8-18-44(53)47-33-37(25-30-55(47)60)36-24-29-54-46(32-36)43-17-7-12-22-52(43)59(54)39-27-31-56-48(34-39)45-19-9-11-21-51(45)58(56)38-14-4-3-5-15-38;1-3-7-25(8-4-1)37-31-13-11-23(19-27(31)29-21-35-17-15-33(29)37)24-12-14-32-28(20-24)30-22-36-18-16-34(30)38(32)26-9-5-2-6-10-26/h3-35H,1-2H3;1-22H. The van der Waals surface area contributed by atoms with Crippen LogP contribution in [0.15, 0.2) is 334 Å². The number of fused-ring (bicyclic) bond motifs is 18. The van der Waals surface area contributed by atoms with Crippen LogP contribution in [0, 0.1) is 0 Å². The van der Waals surface area contributed by atoms with Crippen LogP contribution < -0.4 is 0 Å². The highest BCUT2D eigenvalue weighted by molar-refractivity contribution is 6.16. The SMILES string of the molecule is CC1(C)c2ccccc2-c2ccc(-n3c4ccccc4c4cc(-c5ccc6c(c5)c5ccccc5n6-c5ccc6c(c5)c5ccccc5n6-c5ccccc5)ccc43)cc21.c1ccc(-n2c3ccncc3c3cc(-c4ccc5c(c4)c4cnccc4n5-c4ccccc4)ccc32)cc1. The van der Waals surface area contributed by atoms with E-state index in [1.165, 1.54) is 143 Å². The molecule has 0 amide bonds. The van der Waals surface area contributed by atoms with Gasteiger partial charge in [-0.1, -0.05) is 178 Å². The van der Waals surface area contributed by atoms with Crippen molar-refractivity contribution in [3.8, 4) is 61.8 Å². The molecule has 0 bridgehead atoms. The third-order valence-electron chi connectivity index (χ3n) is 20.9. The van der Waals surface area contributed by atoms with E-state index in [2.05, 4.69) is 356 Å². The van der Waals surface area contributed by atoms with Gasteiger partial charge in [-0.15, -0.1) is 0 Å². The van der Waals surface area contributed by atoms with E-state index in [0.29, 0.717) is 0 Å². The molecule has 21 rings (SSSR count). The van der Waals surface area contributed by atoms with Gasteiger partial charge in [0.05, 0.1) is 55.2 Å². The first-order valence-corrected chi connectivity index (χ1v) is 33.7. The summed E-state index contributed by atoms with van der Waals surface area (Å²) in [5.74, 6) is 0. The van der Waals surface area contributed by atoms with Gasteiger partial charge < -0.3 is 22.8 Å². The van der Waals surface area contributed by atoms with Gasteiger partial charge in [0.25, 0.3) is 0 Å². The van der Waals surface area contributed by atoms with Crippen LogP contribution in [0.2, 0.25) is 0 Å². The Hall–Kier alpha value is -12.8. The van der Waals surface area contributed by atoms with Crippen LogP contribution in [-0.4, -0.2) is 32.8 Å². The van der Waals surface area contributed by atoms with Crippen LogP contribution in [-0.2, 0) is 5.41 Å². The van der Waals surface area contributed by atoms with Gasteiger partial charge in [0.1, 0.15) is 0 Å². The Morgan fingerprint density at radius 1 is 0.214 bits per heavy atom. The molecule has 13 aromatic carbocycles. The molecule has 7 heteroatoms. The quantitative estimate of drug-likeness (QED) is 0.160. The predicted octanol–water partition coefficient (Wildman–Crippen LogP) is 23.3. The van der Waals surface area contributed by atoms with E-state index < -0.39 is 0 Å². The Bertz CT molecular complexity index is 6480. The summed E-state index contributed by atoms with van der Waals surface area (Å²) in [4.78, 5) is 8.91. The van der Waals surface area contributed by atoms with Crippen LogP contribution in [0.25, 0.3) is 171 Å². The zero-order chi connectivity index (χ0) is 64.7. The second-order valence-electron chi connectivity index (χ2n) is 26.6. The second kappa shape index (κ2) is 21.6. The summed E-state index contributed by atoms with van der Waals surface area (Å²) in [6.45, 7) is 4.72. The molecule has 0 N–H and O–H groups in total. The average molecular weight is 1250 g/mol. The molecule has 0 saturated heterocycles. The summed E-state index contributed by atoms with van der Waals surface area (Å²) < 4.78 is 11.9. The molecule has 0 fully saturated rings. The smallest absolute Gasteiger partial charge is 0.0571 e. The Morgan fingerprint density at radius 3 is 0.959 bits per heavy atom. The summed E-state index contributed by atoms with van der Waals surface area (Å²) >= 11 is 0. The average Bonchev–Trinajstić information content (AvgIpc) is 1.58. The summed E-state index contributed by atoms with van der Waals surface area (Å²) in [6.07, 6.45) is 7.69. The largest absolute Gasteiger partial charge is 0.309 e. The van der Waals surface area contributed by atoms with Gasteiger partial charge in [0.15, 0.2) is 0 Å². The number of benzene rings is 13. The summed E-state index contributed by atoms with van der Waals surface area (Å²) in [6, 6.07) is 113. The van der Waals surface area contributed by atoms with Gasteiger partial charge in [0, 0.05) is 113 Å². The molecule has 460 valence electrons. The monoisotopic (exact) mass is 1250 g/mol. The predicted molar refractivity (Wildman–Crippen MR) is 409 cm³/mol. The molecule has 1 aliphatic carbocycles. The molecule has 7 nitrogen and oxygen atoms in total. The van der Waals surface area contributed by atoms with Crippen molar-refractivity contribution >= 4 is 109 Å². The molecule has 0 radical (unpaired) electrons. The Balaban J connectivity index is 0.000000147. The lowest BCUT2D eigenvalue weighted by molar-refractivity contribution is 0.660. The highest BCUT2D eigenvalue weighted by Gasteiger charge is 2.35. The highest BCUT2D eigenvalue weighted by Crippen LogP contribution is 2.50. The molecule has 1 aliphatic rings. The fraction of sp³-hybridized carbons (Fsp3) is 0.0330. The number of nitrogens with zero attached hydrogens (tertiary/aromatic N) is 7. The first-order valence-electron chi connectivity index (χ1n) is 33.7. The van der Waals surface area contributed by atoms with Crippen LogP contribution >= 0.6 is 0 Å². The first kappa shape index (κ1) is 55.6. The number of aromatic nitrogens is 7. The number of pyridine rings is 2. The van der Waals surface area contributed by atoms with Crippen molar-refractivity contribution in [2.75, 3.05) is 0 Å². The maximum Gasteiger partial charge on any atom is 0.0571 e. The van der Waals surface area contributed by atoms with E-state index >= 15 is 0 Å². The van der Waals surface area contributed by atoms with Crippen LogP contribution in [0.4, 0.5) is 0 Å². The lowest BCUT2D eigenvalue weighted by Gasteiger charge is -2.22. The van der Waals surface area contributed by atoms with Crippen molar-refractivity contribution in [2.45, 2.75) is 19.3 Å². The van der Waals surface area contributed by atoms with E-state index in [1.54, 1.807) is 0 Å². The molecule has 0 atom stereocenters. The molecule has 0 spiro atoms. The fourth-order valence-electron chi connectivity index (χ4n) is 16.4. The molecule has 0 aliphatic heterocycles. The van der Waals surface area contributed by atoms with Gasteiger partial charge in [-0.05, 0) is 190 Å². The van der Waals surface area contributed by atoms with Crippen LogP contribution in [0.5, 0.6) is 0 Å². The first-order chi connectivity index (χ1) is 48.4. The van der Waals surface area contributed by atoms with E-state index in [4.69, 9.17) is 0 Å². The normalized spacial score (nSPS) is 12.7. The summed E-state index contributed by atoms with van der Waals surface area (Å²) in [7, 11) is 0. The van der Waals surface area contributed by atoms with Gasteiger partial charge >= 0.3 is 0 Å². The number of rotatable bonds is 7. The zero-order valence-electron chi connectivity index (χ0n) is 53.9. The molecular formula is C91H61N7. The van der Waals surface area contributed by atoms with Crippen molar-refractivity contribution in [3.05, 3.63) is 345 Å². The number of para-hydroxylation sites is 6.